The van der Waals surface area contributed by atoms with E-state index in [2.05, 4.69) is 22.1 Å². The summed E-state index contributed by atoms with van der Waals surface area (Å²) in [6, 6.07) is 0. The van der Waals surface area contributed by atoms with E-state index in [1.807, 2.05) is 0 Å². The van der Waals surface area contributed by atoms with E-state index in [1.165, 1.54) is 24.2 Å². The Bertz CT molecular complexity index is 890. The molecule has 11 heteroatoms. The van der Waals surface area contributed by atoms with Gasteiger partial charge in [-0.1, -0.05) is 24.4 Å². The fourth-order valence-corrected chi connectivity index (χ4v) is 3.93. The Morgan fingerprint density at radius 1 is 1.36 bits per heavy atom. The highest BCUT2D eigenvalue weighted by atomic mass is 32.2. The summed E-state index contributed by atoms with van der Waals surface area (Å²) in [7, 11) is 1.77. The van der Waals surface area contributed by atoms with Gasteiger partial charge in [0, 0.05) is 7.05 Å². The fraction of sp³-hybridized carbons (Fsp3) is 0.353. The van der Waals surface area contributed by atoms with Gasteiger partial charge < -0.3 is 19.4 Å². The number of aryl methyl sites for hydroxylation is 1. The van der Waals surface area contributed by atoms with Crippen molar-refractivity contribution in [3.05, 3.63) is 35.0 Å². The van der Waals surface area contributed by atoms with Crippen LogP contribution in [0.15, 0.2) is 24.1 Å². The molecule has 9 nitrogen and oxygen atoms in total. The molecule has 0 radical (unpaired) electrons. The molecular formula is C17H20N4O5S2. The lowest BCUT2D eigenvalue weighted by Crippen LogP contribution is -2.16. The van der Waals surface area contributed by atoms with E-state index in [1.54, 1.807) is 25.5 Å². The van der Waals surface area contributed by atoms with Gasteiger partial charge in [-0.3, -0.25) is 4.79 Å². The summed E-state index contributed by atoms with van der Waals surface area (Å²) in [6.45, 7) is 6.99. The van der Waals surface area contributed by atoms with Crippen LogP contribution in [0.3, 0.4) is 0 Å². The molecule has 28 heavy (non-hydrogen) atoms. The number of ether oxygens (including phenoxy) is 2. The van der Waals surface area contributed by atoms with Gasteiger partial charge in [-0.25, -0.2) is 9.59 Å². The number of thioether (sulfide) groups is 1. The lowest BCUT2D eigenvalue weighted by Gasteiger charge is -2.07. The summed E-state index contributed by atoms with van der Waals surface area (Å²) in [5, 5.41) is 11.1. The monoisotopic (exact) mass is 424 g/mol. The van der Waals surface area contributed by atoms with Crippen molar-refractivity contribution in [3.63, 3.8) is 0 Å². The second-order valence-electron chi connectivity index (χ2n) is 5.43. The van der Waals surface area contributed by atoms with Crippen LogP contribution in [0.5, 0.6) is 0 Å². The molecule has 0 atom stereocenters. The predicted octanol–water partition coefficient (Wildman–Crippen LogP) is 2.44. The van der Waals surface area contributed by atoms with Crippen LogP contribution in [-0.2, 0) is 21.3 Å². The van der Waals surface area contributed by atoms with Crippen LogP contribution in [-0.4, -0.2) is 51.6 Å². The number of hydrogen-bond donors (Lipinski definition) is 1. The highest BCUT2D eigenvalue weighted by Gasteiger charge is 2.27. The van der Waals surface area contributed by atoms with Crippen LogP contribution in [0.2, 0.25) is 0 Å². The molecular weight excluding hydrogens is 404 g/mol. The van der Waals surface area contributed by atoms with Crippen LogP contribution in [0.4, 0.5) is 5.00 Å². The number of esters is 2. The summed E-state index contributed by atoms with van der Waals surface area (Å²) in [4.78, 5) is 37.1. The van der Waals surface area contributed by atoms with E-state index in [0.717, 1.165) is 11.3 Å². The van der Waals surface area contributed by atoms with E-state index in [-0.39, 0.29) is 40.3 Å². The third-order valence-electron chi connectivity index (χ3n) is 3.40. The molecule has 0 saturated heterocycles. The minimum Gasteiger partial charge on any atom is -0.462 e. The maximum Gasteiger partial charge on any atom is 0.348 e. The van der Waals surface area contributed by atoms with Crippen molar-refractivity contribution in [1.29, 1.82) is 0 Å². The minimum absolute atomic E-state index is 0.0426. The van der Waals surface area contributed by atoms with Gasteiger partial charge in [-0.05, 0) is 19.4 Å². The number of thiophene rings is 1. The van der Waals surface area contributed by atoms with E-state index in [9.17, 15) is 14.4 Å². The van der Waals surface area contributed by atoms with Gasteiger partial charge in [0.25, 0.3) is 0 Å². The Morgan fingerprint density at radius 2 is 2.11 bits per heavy atom. The standard InChI is InChI=1S/C17H20N4O5S2/c1-5-7-26-16(24)13-10(3)12(15(23)25-6-2)14(28-13)19-11(22)8-27-17-20-18-9-21(17)4/h5,9H,1,6-8H2,2-4H3,(H,19,22). The van der Waals surface area contributed by atoms with Crippen molar-refractivity contribution in [2.75, 3.05) is 24.3 Å². The molecule has 0 spiro atoms. The second-order valence-corrected chi connectivity index (χ2v) is 7.39. The smallest absolute Gasteiger partial charge is 0.348 e. The third kappa shape index (κ3) is 5.20. The van der Waals surface area contributed by atoms with Crippen LogP contribution in [0.1, 0.15) is 32.5 Å². The molecule has 2 heterocycles. The highest BCUT2D eigenvalue weighted by Crippen LogP contribution is 2.34. The average Bonchev–Trinajstić information content (AvgIpc) is 3.21. The number of anilines is 1. The van der Waals surface area contributed by atoms with Crippen LogP contribution < -0.4 is 5.32 Å². The first-order valence-corrected chi connectivity index (χ1v) is 10.0. The van der Waals surface area contributed by atoms with Crippen LogP contribution in [0, 0.1) is 6.92 Å². The first kappa shape index (κ1) is 21.6. The van der Waals surface area contributed by atoms with Gasteiger partial charge in [0.1, 0.15) is 22.8 Å². The lowest BCUT2D eigenvalue weighted by molar-refractivity contribution is -0.113. The van der Waals surface area contributed by atoms with E-state index >= 15 is 0 Å². The zero-order chi connectivity index (χ0) is 20.7. The van der Waals surface area contributed by atoms with Crippen molar-refractivity contribution >= 4 is 45.9 Å². The van der Waals surface area contributed by atoms with E-state index < -0.39 is 11.9 Å². The Labute approximate surface area is 170 Å². The topological polar surface area (TPSA) is 112 Å². The summed E-state index contributed by atoms with van der Waals surface area (Å²) in [6.07, 6.45) is 2.97. The number of nitrogens with zero attached hydrogens (tertiary/aromatic N) is 3. The summed E-state index contributed by atoms with van der Waals surface area (Å²) in [5.74, 6) is -1.51. The number of rotatable bonds is 9. The normalized spacial score (nSPS) is 10.4. The average molecular weight is 425 g/mol. The lowest BCUT2D eigenvalue weighted by atomic mass is 10.1. The Hall–Kier alpha value is -2.66. The predicted molar refractivity (Wildman–Crippen MR) is 106 cm³/mol. The molecule has 0 aliphatic heterocycles. The zero-order valence-electron chi connectivity index (χ0n) is 15.7. The number of carbonyl (C=O) groups is 3. The summed E-state index contributed by atoms with van der Waals surface area (Å²) in [5.41, 5.74) is 0.545. The summed E-state index contributed by atoms with van der Waals surface area (Å²) >= 11 is 2.17. The molecule has 0 unspecified atom stereocenters. The number of nitrogens with one attached hydrogen (secondary N) is 1. The van der Waals surface area contributed by atoms with Crippen molar-refractivity contribution < 1.29 is 23.9 Å². The maximum absolute atomic E-state index is 12.3. The molecule has 1 amide bonds. The zero-order valence-corrected chi connectivity index (χ0v) is 17.3. The summed E-state index contributed by atoms with van der Waals surface area (Å²) < 4.78 is 11.8. The van der Waals surface area contributed by atoms with E-state index in [0.29, 0.717) is 10.7 Å². The van der Waals surface area contributed by atoms with Gasteiger partial charge in [-0.2, -0.15) is 0 Å². The molecule has 1 N–H and O–H groups in total. The largest absolute Gasteiger partial charge is 0.462 e. The van der Waals surface area contributed by atoms with Gasteiger partial charge in [-0.15, -0.1) is 21.5 Å². The van der Waals surface area contributed by atoms with Gasteiger partial charge in [0.2, 0.25) is 5.91 Å². The molecule has 0 saturated carbocycles. The SMILES string of the molecule is C=CCOC(=O)c1sc(NC(=O)CSc2nncn2C)c(C(=O)OCC)c1C. The molecule has 150 valence electrons. The Balaban J connectivity index is 2.21. The van der Waals surface area contributed by atoms with Gasteiger partial charge >= 0.3 is 11.9 Å². The molecule has 2 aromatic heterocycles. The fourth-order valence-electron chi connectivity index (χ4n) is 2.14. The molecule has 2 rings (SSSR count). The third-order valence-corrected chi connectivity index (χ3v) is 5.62. The van der Waals surface area contributed by atoms with Crippen molar-refractivity contribution in [2.24, 2.45) is 7.05 Å². The molecule has 0 aliphatic rings. The second kappa shape index (κ2) is 10.0. The molecule has 0 fully saturated rings. The molecule has 0 bridgehead atoms. The Kier molecular flexibility index (Phi) is 7.76. The number of hydrogen-bond acceptors (Lipinski definition) is 9. The quantitative estimate of drug-likeness (QED) is 0.371. The maximum atomic E-state index is 12.3. The molecule has 0 aromatic carbocycles. The van der Waals surface area contributed by atoms with Gasteiger partial charge in [0.05, 0.1) is 17.9 Å². The number of carbonyl (C=O) groups excluding carboxylic acids is 3. The number of amides is 1. The van der Waals surface area contributed by atoms with Crippen LogP contribution in [0.25, 0.3) is 0 Å². The highest BCUT2D eigenvalue weighted by molar-refractivity contribution is 7.99. The van der Waals surface area contributed by atoms with Gasteiger partial charge in [0.15, 0.2) is 5.16 Å². The Morgan fingerprint density at radius 3 is 2.71 bits per heavy atom. The number of aromatic nitrogens is 3. The van der Waals surface area contributed by atoms with Crippen molar-refractivity contribution in [1.82, 2.24) is 14.8 Å². The minimum atomic E-state index is -0.615. The first-order valence-electron chi connectivity index (χ1n) is 8.24. The van der Waals surface area contributed by atoms with Crippen molar-refractivity contribution in [3.8, 4) is 0 Å². The van der Waals surface area contributed by atoms with E-state index in [4.69, 9.17) is 9.47 Å². The molecule has 0 aliphatic carbocycles. The van der Waals surface area contributed by atoms with Crippen molar-refractivity contribution in [2.45, 2.75) is 19.0 Å². The van der Waals surface area contributed by atoms with Crippen LogP contribution >= 0.6 is 23.1 Å². The first-order chi connectivity index (χ1) is 13.4. The molecule has 2 aromatic rings.